The van der Waals surface area contributed by atoms with E-state index in [0.717, 1.165) is 11.1 Å². The number of nitrogens with zero attached hydrogens (tertiary/aromatic N) is 1. The van der Waals surface area contributed by atoms with Crippen molar-refractivity contribution in [3.8, 4) is 0 Å². The quantitative estimate of drug-likeness (QED) is 0.473. The van der Waals surface area contributed by atoms with Crippen LogP contribution in [0.4, 0.5) is 5.69 Å². The van der Waals surface area contributed by atoms with Crippen molar-refractivity contribution in [3.05, 3.63) is 59.2 Å². The van der Waals surface area contributed by atoms with Gasteiger partial charge in [0.2, 0.25) is 0 Å². The average molecular weight is 288 g/mol. The molecule has 0 amide bonds. The highest BCUT2D eigenvalue weighted by atomic mass is 16.4. The number of hydrogen-bond donors (Lipinski definition) is 4. The Morgan fingerprint density at radius 1 is 1.24 bits per heavy atom. The molecule has 0 fully saturated rings. The summed E-state index contributed by atoms with van der Waals surface area (Å²) in [5, 5.41) is 9.25. The lowest BCUT2D eigenvalue weighted by Gasteiger charge is -2.17. The molecule has 5 N–H and O–H groups in total. The van der Waals surface area contributed by atoms with E-state index in [4.69, 9.17) is 5.73 Å². The van der Waals surface area contributed by atoms with Crippen LogP contribution in [0.25, 0.3) is 0 Å². The van der Waals surface area contributed by atoms with Gasteiger partial charge in [-0.15, -0.1) is 0 Å². The summed E-state index contributed by atoms with van der Waals surface area (Å²) < 4.78 is 0. The Morgan fingerprint density at radius 2 is 1.86 bits per heavy atom. The molecule has 0 aromatic carbocycles. The molecule has 21 heavy (non-hydrogen) atoms. The van der Waals surface area contributed by atoms with Crippen LogP contribution >= 0.6 is 0 Å². The number of carboxylic acid groups (broad SMARTS) is 1. The molecule has 6 heteroatoms. The van der Waals surface area contributed by atoms with Gasteiger partial charge in [0.1, 0.15) is 0 Å². The first-order valence-electron chi connectivity index (χ1n) is 6.28. The molecule has 0 aliphatic heterocycles. The Morgan fingerprint density at radius 3 is 2.38 bits per heavy atom. The highest BCUT2D eigenvalue weighted by molar-refractivity contribution is 5.93. The third-order valence-corrected chi connectivity index (χ3v) is 3.05. The van der Waals surface area contributed by atoms with E-state index < -0.39 is 5.97 Å². The molecule has 1 rings (SSSR count). The van der Waals surface area contributed by atoms with Gasteiger partial charge >= 0.3 is 5.97 Å². The molecule has 0 aliphatic rings. The maximum Gasteiger partial charge on any atom is 0.356 e. The number of anilines is 1. The maximum atomic E-state index is 11.3. The lowest BCUT2D eigenvalue weighted by molar-refractivity contribution is 0.0691. The van der Waals surface area contributed by atoms with E-state index in [9.17, 15) is 9.90 Å². The molecular formula is C15H20N4O2. The molecule has 0 aliphatic carbocycles. The molecule has 1 aromatic heterocycles. The summed E-state index contributed by atoms with van der Waals surface area (Å²) in [6, 6.07) is 0. The summed E-state index contributed by atoms with van der Waals surface area (Å²) in [7, 11) is 0. The fraction of sp³-hybridized carbons (Fsp3) is 0.200. The van der Waals surface area contributed by atoms with Crippen molar-refractivity contribution in [1.82, 2.24) is 10.4 Å². The summed E-state index contributed by atoms with van der Waals surface area (Å²) in [5.41, 5.74) is 14.8. The van der Waals surface area contributed by atoms with Crippen LogP contribution in [-0.4, -0.2) is 16.1 Å². The van der Waals surface area contributed by atoms with Crippen molar-refractivity contribution >= 4 is 11.7 Å². The first-order valence-corrected chi connectivity index (χ1v) is 6.28. The number of pyridine rings is 1. The van der Waals surface area contributed by atoms with Gasteiger partial charge in [0.25, 0.3) is 0 Å². The van der Waals surface area contributed by atoms with Crippen molar-refractivity contribution < 1.29 is 9.90 Å². The van der Waals surface area contributed by atoms with Crippen molar-refractivity contribution in [3.63, 3.8) is 0 Å². The molecule has 0 radical (unpaired) electrons. The number of aromatic nitrogens is 1. The Labute approximate surface area is 124 Å². The number of nitrogens with one attached hydrogen (secondary N) is 2. The fourth-order valence-corrected chi connectivity index (χ4v) is 1.64. The predicted octanol–water partition coefficient (Wildman–Crippen LogP) is 2.16. The smallest absolute Gasteiger partial charge is 0.356 e. The largest absolute Gasteiger partial charge is 0.476 e. The van der Waals surface area contributed by atoms with E-state index in [2.05, 4.69) is 29.0 Å². The van der Waals surface area contributed by atoms with Crippen LogP contribution in [0.3, 0.4) is 0 Å². The zero-order valence-corrected chi connectivity index (χ0v) is 12.4. The summed E-state index contributed by atoms with van der Waals surface area (Å²) >= 11 is 0. The van der Waals surface area contributed by atoms with E-state index >= 15 is 0 Å². The number of aromatic carboxylic acids is 1. The van der Waals surface area contributed by atoms with Crippen LogP contribution in [0.5, 0.6) is 0 Å². The molecule has 112 valence electrons. The first-order chi connectivity index (χ1) is 9.73. The summed E-state index contributed by atoms with van der Waals surface area (Å²) in [5.74, 6) is -1.10. The molecular weight excluding hydrogens is 268 g/mol. The molecule has 0 saturated carbocycles. The summed E-state index contributed by atoms with van der Waals surface area (Å²) in [4.78, 5) is 15.4. The number of hydrazine groups is 1. The van der Waals surface area contributed by atoms with Crippen LogP contribution in [0, 0.1) is 20.8 Å². The average Bonchev–Trinajstić information content (AvgIpc) is 2.40. The normalized spacial score (nSPS) is 10.4. The van der Waals surface area contributed by atoms with E-state index in [0.29, 0.717) is 22.8 Å². The topological polar surface area (TPSA) is 100 Å². The molecule has 0 saturated heterocycles. The Balaban J connectivity index is 3.03. The van der Waals surface area contributed by atoms with Crippen molar-refractivity contribution in [2.45, 2.75) is 20.8 Å². The maximum absolute atomic E-state index is 11.3. The van der Waals surface area contributed by atoms with E-state index in [1.807, 2.05) is 13.8 Å². The zero-order chi connectivity index (χ0) is 16.2. The second-order valence-electron chi connectivity index (χ2n) is 4.66. The van der Waals surface area contributed by atoms with Gasteiger partial charge in [-0.2, -0.15) is 0 Å². The summed E-state index contributed by atoms with van der Waals surface area (Å²) in [6.07, 6.45) is 3.21. The Bertz CT molecular complexity index is 633. The predicted molar refractivity (Wildman–Crippen MR) is 83.8 cm³/mol. The van der Waals surface area contributed by atoms with Gasteiger partial charge in [-0.25, -0.2) is 9.78 Å². The van der Waals surface area contributed by atoms with Gasteiger partial charge < -0.3 is 16.3 Å². The van der Waals surface area contributed by atoms with Crippen molar-refractivity contribution in [2.24, 2.45) is 5.73 Å². The number of rotatable bonds is 6. The van der Waals surface area contributed by atoms with Crippen LogP contribution in [-0.2, 0) is 0 Å². The van der Waals surface area contributed by atoms with Gasteiger partial charge in [-0.3, -0.25) is 5.43 Å². The highest BCUT2D eigenvalue weighted by Gasteiger charge is 2.17. The third kappa shape index (κ3) is 4.10. The highest BCUT2D eigenvalue weighted by Crippen LogP contribution is 2.23. The van der Waals surface area contributed by atoms with Gasteiger partial charge in [-0.05, 0) is 44.1 Å². The van der Waals surface area contributed by atoms with E-state index in [-0.39, 0.29) is 5.69 Å². The van der Waals surface area contributed by atoms with Gasteiger partial charge in [0.15, 0.2) is 5.69 Å². The fourth-order valence-electron chi connectivity index (χ4n) is 1.64. The molecule has 6 nitrogen and oxygen atoms in total. The molecule has 0 bridgehead atoms. The zero-order valence-electron chi connectivity index (χ0n) is 12.4. The minimum absolute atomic E-state index is 0.0388. The molecule has 0 spiro atoms. The SMILES string of the molecule is C=C(N)/C=C\C(=C)NNc1c(C(=O)O)nc(C)c(C)c1C. The van der Waals surface area contributed by atoms with Crippen LogP contribution in [0.1, 0.15) is 27.3 Å². The van der Waals surface area contributed by atoms with E-state index in [1.165, 1.54) is 0 Å². The van der Waals surface area contributed by atoms with Crippen molar-refractivity contribution in [2.75, 3.05) is 5.43 Å². The van der Waals surface area contributed by atoms with Crippen LogP contribution in [0.15, 0.2) is 36.7 Å². The van der Waals surface area contributed by atoms with E-state index in [1.54, 1.807) is 19.1 Å². The van der Waals surface area contributed by atoms with Crippen LogP contribution in [0.2, 0.25) is 0 Å². The number of carboxylic acids is 1. The van der Waals surface area contributed by atoms with Crippen LogP contribution < -0.4 is 16.6 Å². The first kappa shape index (κ1) is 16.3. The second kappa shape index (κ2) is 6.60. The lowest BCUT2D eigenvalue weighted by atomic mass is 10.1. The summed E-state index contributed by atoms with van der Waals surface area (Å²) in [6.45, 7) is 12.8. The minimum atomic E-state index is -1.10. The minimum Gasteiger partial charge on any atom is -0.476 e. The Hall–Kier alpha value is -2.76. The Kier molecular flexibility index (Phi) is 5.12. The van der Waals surface area contributed by atoms with Gasteiger partial charge in [-0.1, -0.05) is 13.2 Å². The van der Waals surface area contributed by atoms with Crippen molar-refractivity contribution in [1.29, 1.82) is 0 Å². The standard InChI is InChI=1S/C15H20N4O2/c1-8(16)6-7-9(2)18-19-13-11(4)10(3)12(5)17-14(13)15(20)21/h6-7,18-19H,1-2,16H2,3-5H3,(H,20,21)/b7-6-. The molecule has 0 atom stereocenters. The number of nitrogens with two attached hydrogens (primary N) is 1. The van der Waals surface area contributed by atoms with Gasteiger partial charge in [0, 0.05) is 17.1 Å². The third-order valence-electron chi connectivity index (χ3n) is 3.05. The lowest BCUT2D eigenvalue weighted by Crippen LogP contribution is -2.23. The number of hydrogen-bond acceptors (Lipinski definition) is 5. The molecule has 0 unspecified atom stereocenters. The second-order valence-corrected chi connectivity index (χ2v) is 4.66. The van der Waals surface area contributed by atoms with Gasteiger partial charge in [0.05, 0.1) is 5.69 Å². The monoisotopic (exact) mass is 288 g/mol. The molecule has 1 heterocycles. The number of aryl methyl sites for hydroxylation is 1. The number of allylic oxidation sites excluding steroid dienone is 2. The molecule has 1 aromatic rings. The number of carbonyl (C=O) groups is 1.